The van der Waals surface area contributed by atoms with Crippen LogP contribution in [0.1, 0.15) is 33.5 Å². The molecular weight excluding hydrogens is 266 g/mol. The predicted molar refractivity (Wildman–Crippen MR) is 80.9 cm³/mol. The summed E-state index contributed by atoms with van der Waals surface area (Å²) < 4.78 is 8.47. The average molecular weight is 293 g/mol. The third kappa shape index (κ3) is 2.60. The Balaban J connectivity index is 1.75. The summed E-state index contributed by atoms with van der Waals surface area (Å²) in [7, 11) is 2.04. The van der Waals surface area contributed by atoms with Crippen molar-refractivity contribution in [3.63, 3.8) is 0 Å². The maximum absolute atomic E-state index is 6.33. The van der Waals surface area contributed by atoms with E-state index in [1.807, 2.05) is 13.4 Å². The first-order chi connectivity index (χ1) is 9.83. The lowest BCUT2D eigenvalue weighted by atomic mass is 9.82. The second kappa shape index (κ2) is 5.04. The maximum atomic E-state index is 6.33. The van der Waals surface area contributed by atoms with Crippen molar-refractivity contribution in [1.82, 2.24) is 25.0 Å². The number of fused-ring (bicyclic) bond motifs is 1. The zero-order chi connectivity index (χ0) is 15.3. The number of hydrogen-bond acceptors (Lipinski definition) is 5. The Bertz CT molecular complexity index is 510. The summed E-state index contributed by atoms with van der Waals surface area (Å²) in [6, 6.07) is 0.354. The van der Waals surface area contributed by atoms with Crippen LogP contribution in [-0.2, 0) is 17.8 Å². The van der Waals surface area contributed by atoms with Crippen LogP contribution in [-0.4, -0.2) is 57.0 Å². The van der Waals surface area contributed by atoms with Gasteiger partial charge in [-0.2, -0.15) is 0 Å². The maximum Gasteiger partial charge on any atom is 0.147 e. The molecule has 6 nitrogen and oxygen atoms in total. The van der Waals surface area contributed by atoms with E-state index in [0.29, 0.717) is 12.0 Å². The van der Waals surface area contributed by atoms with Gasteiger partial charge in [0, 0.05) is 31.6 Å². The van der Waals surface area contributed by atoms with Crippen molar-refractivity contribution in [3.05, 3.63) is 12.2 Å². The van der Waals surface area contributed by atoms with E-state index in [1.165, 1.54) is 0 Å². The molecule has 2 atom stereocenters. The monoisotopic (exact) mass is 293 g/mol. The van der Waals surface area contributed by atoms with Gasteiger partial charge in [-0.3, -0.25) is 4.90 Å². The van der Waals surface area contributed by atoms with Crippen LogP contribution in [0.4, 0.5) is 0 Å². The summed E-state index contributed by atoms with van der Waals surface area (Å²) in [4.78, 5) is 2.48. The molecule has 0 aliphatic carbocycles. The highest BCUT2D eigenvalue weighted by molar-refractivity contribution is 5.06. The highest BCUT2D eigenvalue weighted by atomic mass is 16.5. The molecule has 6 heteroatoms. The summed E-state index contributed by atoms with van der Waals surface area (Å²) in [5, 5.41) is 11.7. The highest BCUT2D eigenvalue weighted by Crippen LogP contribution is 2.42. The van der Waals surface area contributed by atoms with Crippen LogP contribution in [0.2, 0.25) is 0 Å². The van der Waals surface area contributed by atoms with Crippen molar-refractivity contribution in [2.24, 2.45) is 5.92 Å². The van der Waals surface area contributed by atoms with Crippen LogP contribution in [0.15, 0.2) is 6.33 Å². The molecule has 0 spiro atoms. The Labute approximate surface area is 126 Å². The molecule has 0 bridgehead atoms. The van der Waals surface area contributed by atoms with Gasteiger partial charge in [-0.15, -0.1) is 10.2 Å². The summed E-state index contributed by atoms with van der Waals surface area (Å²) >= 11 is 0. The number of likely N-dealkylation sites (N-methyl/N-ethyl adjacent to an activating group) is 1. The molecule has 1 saturated heterocycles. The van der Waals surface area contributed by atoms with E-state index in [2.05, 4.69) is 52.7 Å². The van der Waals surface area contributed by atoms with E-state index in [4.69, 9.17) is 4.74 Å². The van der Waals surface area contributed by atoms with Crippen LogP contribution < -0.4 is 5.32 Å². The van der Waals surface area contributed by atoms with Gasteiger partial charge in [0.1, 0.15) is 12.2 Å². The number of hydrogen-bond donors (Lipinski definition) is 1. The van der Waals surface area contributed by atoms with Crippen molar-refractivity contribution >= 4 is 0 Å². The lowest BCUT2D eigenvalue weighted by Crippen LogP contribution is -2.50. The van der Waals surface area contributed by atoms with Crippen LogP contribution in [0, 0.1) is 5.92 Å². The van der Waals surface area contributed by atoms with E-state index in [1.54, 1.807) is 0 Å². The highest BCUT2D eigenvalue weighted by Gasteiger charge is 2.53. The minimum absolute atomic E-state index is 0.123. The van der Waals surface area contributed by atoms with E-state index in [9.17, 15) is 0 Å². The van der Waals surface area contributed by atoms with Crippen molar-refractivity contribution in [2.45, 2.75) is 58.0 Å². The van der Waals surface area contributed by atoms with Crippen LogP contribution in [0.5, 0.6) is 0 Å². The van der Waals surface area contributed by atoms with Gasteiger partial charge in [-0.25, -0.2) is 0 Å². The largest absolute Gasteiger partial charge is 0.368 e. The third-order valence-electron chi connectivity index (χ3n) is 5.05. The molecule has 2 aliphatic rings. The second-order valence-electron chi connectivity index (χ2n) is 7.36. The predicted octanol–water partition coefficient (Wildman–Crippen LogP) is 0.885. The molecule has 0 saturated carbocycles. The molecule has 21 heavy (non-hydrogen) atoms. The quantitative estimate of drug-likeness (QED) is 0.897. The Morgan fingerprint density at radius 1 is 1.29 bits per heavy atom. The molecule has 3 heterocycles. The molecule has 0 amide bonds. The van der Waals surface area contributed by atoms with Gasteiger partial charge in [0.15, 0.2) is 0 Å². The second-order valence-corrected chi connectivity index (χ2v) is 7.36. The zero-order valence-corrected chi connectivity index (χ0v) is 13.8. The lowest BCUT2D eigenvalue weighted by Gasteiger charge is -2.35. The molecule has 0 radical (unpaired) electrons. The van der Waals surface area contributed by atoms with E-state index in [-0.39, 0.29) is 11.2 Å². The number of rotatable bonds is 3. The Morgan fingerprint density at radius 3 is 2.76 bits per heavy atom. The van der Waals surface area contributed by atoms with Crippen LogP contribution in [0.25, 0.3) is 0 Å². The van der Waals surface area contributed by atoms with E-state index >= 15 is 0 Å². The normalized spacial score (nSPS) is 31.3. The summed E-state index contributed by atoms with van der Waals surface area (Å²) in [6.07, 6.45) is 1.83. The molecule has 118 valence electrons. The smallest absolute Gasteiger partial charge is 0.147 e. The van der Waals surface area contributed by atoms with E-state index in [0.717, 1.165) is 32.0 Å². The summed E-state index contributed by atoms with van der Waals surface area (Å²) in [5.74, 6) is 1.52. The van der Waals surface area contributed by atoms with Crippen molar-refractivity contribution in [3.8, 4) is 0 Å². The number of nitrogens with zero attached hydrogens (tertiary/aromatic N) is 4. The summed E-state index contributed by atoms with van der Waals surface area (Å²) in [6.45, 7) is 12.7. The molecule has 0 aromatic carbocycles. The minimum atomic E-state index is -0.140. The minimum Gasteiger partial charge on any atom is -0.368 e. The Hall–Kier alpha value is -0.980. The van der Waals surface area contributed by atoms with Crippen LogP contribution in [0.3, 0.4) is 0 Å². The fraction of sp³-hybridized carbons (Fsp3) is 0.867. The van der Waals surface area contributed by atoms with Gasteiger partial charge in [-0.1, -0.05) is 0 Å². The molecule has 2 aliphatic heterocycles. The molecule has 1 N–H and O–H groups in total. The molecule has 1 aromatic rings. The van der Waals surface area contributed by atoms with Gasteiger partial charge >= 0.3 is 0 Å². The SMILES string of the molecule is CNC1C(CN2CCn3cnnc3C2)C(C)(C)OC1(C)C. The zero-order valence-electron chi connectivity index (χ0n) is 13.8. The number of ether oxygens (including phenoxy) is 1. The molecular formula is C15H27N5O. The standard InChI is InChI=1S/C15H27N5O/c1-14(2)11(13(16-5)15(3,4)21-14)8-19-6-7-20-10-17-18-12(20)9-19/h10-11,13,16H,6-9H2,1-5H3. The topological polar surface area (TPSA) is 55.2 Å². The van der Waals surface area contributed by atoms with Gasteiger partial charge in [-0.05, 0) is 34.7 Å². The van der Waals surface area contributed by atoms with Gasteiger partial charge in [0.25, 0.3) is 0 Å². The van der Waals surface area contributed by atoms with Gasteiger partial charge < -0.3 is 14.6 Å². The Kier molecular flexibility index (Phi) is 3.58. The molecule has 2 unspecified atom stereocenters. The van der Waals surface area contributed by atoms with Crippen molar-refractivity contribution in [1.29, 1.82) is 0 Å². The fourth-order valence-electron chi connectivity index (χ4n) is 4.13. The first-order valence-electron chi connectivity index (χ1n) is 7.80. The van der Waals surface area contributed by atoms with Gasteiger partial charge in [0.2, 0.25) is 0 Å². The van der Waals surface area contributed by atoms with Gasteiger partial charge in [0.05, 0.1) is 17.7 Å². The first-order valence-corrected chi connectivity index (χ1v) is 7.80. The van der Waals surface area contributed by atoms with Crippen molar-refractivity contribution < 1.29 is 4.74 Å². The van der Waals surface area contributed by atoms with Crippen molar-refractivity contribution in [2.75, 3.05) is 20.1 Å². The first kappa shape index (κ1) is 14.9. The molecule has 1 aromatic heterocycles. The van der Waals surface area contributed by atoms with E-state index < -0.39 is 0 Å². The Morgan fingerprint density at radius 2 is 2.05 bits per heavy atom. The molecule has 1 fully saturated rings. The fourth-order valence-corrected chi connectivity index (χ4v) is 4.13. The summed E-state index contributed by atoms with van der Waals surface area (Å²) in [5.41, 5.74) is -0.263. The lowest BCUT2D eigenvalue weighted by molar-refractivity contribution is -0.0798. The average Bonchev–Trinajstić information content (AvgIpc) is 2.89. The number of nitrogens with one attached hydrogen (secondary N) is 1. The third-order valence-corrected chi connectivity index (χ3v) is 5.05. The van der Waals surface area contributed by atoms with Crippen LogP contribution >= 0.6 is 0 Å². The molecule has 3 rings (SSSR count). The number of aromatic nitrogens is 3.